The second-order valence-electron chi connectivity index (χ2n) is 6.60. The summed E-state index contributed by atoms with van der Waals surface area (Å²) in [6, 6.07) is 16.9. The number of furan rings is 1. The number of ether oxygens (including phenoxy) is 3. The van der Waals surface area contributed by atoms with Crippen molar-refractivity contribution in [2.24, 2.45) is 0 Å². The molecule has 3 rings (SSSR count). The molecule has 3 aromatic rings. The molecule has 0 spiro atoms. The van der Waals surface area contributed by atoms with Crippen LogP contribution in [-0.4, -0.2) is 19.1 Å². The fourth-order valence-corrected chi connectivity index (χ4v) is 2.97. The van der Waals surface area contributed by atoms with E-state index >= 15 is 0 Å². The van der Waals surface area contributed by atoms with Crippen molar-refractivity contribution in [1.29, 1.82) is 0 Å². The van der Waals surface area contributed by atoms with Crippen molar-refractivity contribution in [3.05, 3.63) is 83.3 Å². The Hall–Kier alpha value is -3.25. The Morgan fingerprint density at radius 2 is 1.70 bits per heavy atom. The molecular formula is C24H27NO5. The van der Waals surface area contributed by atoms with E-state index in [-0.39, 0.29) is 5.91 Å². The first-order valence-corrected chi connectivity index (χ1v) is 10.1. The molecule has 158 valence electrons. The average Bonchev–Trinajstić information content (AvgIpc) is 3.27. The van der Waals surface area contributed by atoms with Crippen molar-refractivity contribution >= 4 is 5.91 Å². The van der Waals surface area contributed by atoms with Gasteiger partial charge in [0.25, 0.3) is 5.91 Å². The Morgan fingerprint density at radius 1 is 0.900 bits per heavy atom. The van der Waals surface area contributed by atoms with E-state index in [0.717, 1.165) is 16.9 Å². The summed E-state index contributed by atoms with van der Waals surface area (Å²) < 4.78 is 22.1. The summed E-state index contributed by atoms with van der Waals surface area (Å²) in [5.74, 6) is 1.83. The molecule has 0 saturated carbocycles. The number of hydrogen-bond donors (Lipinski definition) is 1. The molecule has 0 saturated heterocycles. The van der Waals surface area contributed by atoms with Gasteiger partial charge in [-0.15, -0.1) is 0 Å². The van der Waals surface area contributed by atoms with Gasteiger partial charge >= 0.3 is 0 Å². The second kappa shape index (κ2) is 11.1. The number of rotatable bonds is 11. The summed E-state index contributed by atoms with van der Waals surface area (Å²) in [6.07, 6.45) is 1.63. The van der Waals surface area contributed by atoms with Crippen molar-refractivity contribution in [2.45, 2.75) is 33.6 Å². The molecule has 0 unspecified atom stereocenters. The smallest absolute Gasteiger partial charge is 0.251 e. The highest BCUT2D eigenvalue weighted by molar-refractivity contribution is 5.94. The number of nitrogens with one attached hydrogen (secondary N) is 1. The quantitative estimate of drug-likeness (QED) is 0.496. The predicted octanol–water partition coefficient (Wildman–Crippen LogP) is 4.72. The molecule has 0 atom stereocenters. The van der Waals surface area contributed by atoms with Gasteiger partial charge in [-0.25, -0.2) is 0 Å². The van der Waals surface area contributed by atoms with Gasteiger partial charge in [-0.2, -0.15) is 0 Å². The van der Waals surface area contributed by atoms with Crippen LogP contribution in [0.5, 0.6) is 11.5 Å². The van der Waals surface area contributed by atoms with Crippen LogP contribution in [-0.2, 0) is 24.5 Å². The van der Waals surface area contributed by atoms with E-state index in [9.17, 15) is 4.79 Å². The summed E-state index contributed by atoms with van der Waals surface area (Å²) in [7, 11) is 0. The summed E-state index contributed by atoms with van der Waals surface area (Å²) in [6.45, 7) is 6.16. The summed E-state index contributed by atoms with van der Waals surface area (Å²) in [5.41, 5.74) is 2.56. The number of amides is 1. The number of benzene rings is 2. The Balaban J connectivity index is 1.55. The van der Waals surface area contributed by atoms with E-state index in [1.165, 1.54) is 0 Å². The fourth-order valence-electron chi connectivity index (χ4n) is 2.97. The van der Waals surface area contributed by atoms with Crippen LogP contribution in [0.15, 0.2) is 65.3 Å². The number of carbonyl (C=O) groups excluding carboxylic acids is 1. The van der Waals surface area contributed by atoms with Crippen molar-refractivity contribution in [3.63, 3.8) is 0 Å². The van der Waals surface area contributed by atoms with Gasteiger partial charge in [0.05, 0.1) is 26.1 Å². The third kappa shape index (κ3) is 6.12. The molecule has 0 bridgehead atoms. The van der Waals surface area contributed by atoms with Gasteiger partial charge < -0.3 is 23.9 Å². The van der Waals surface area contributed by atoms with Gasteiger partial charge in [-0.1, -0.05) is 24.3 Å². The Morgan fingerprint density at radius 3 is 2.47 bits per heavy atom. The second-order valence-corrected chi connectivity index (χ2v) is 6.60. The third-order valence-electron chi connectivity index (χ3n) is 4.34. The van der Waals surface area contributed by atoms with E-state index in [1.54, 1.807) is 24.5 Å². The normalized spacial score (nSPS) is 10.6. The maximum Gasteiger partial charge on any atom is 0.251 e. The van der Waals surface area contributed by atoms with Gasteiger partial charge in [0.15, 0.2) is 11.5 Å². The molecule has 1 heterocycles. The molecule has 2 aromatic carbocycles. The van der Waals surface area contributed by atoms with Crippen LogP contribution in [0.1, 0.15) is 41.1 Å². The molecule has 0 aliphatic rings. The van der Waals surface area contributed by atoms with Crippen LogP contribution >= 0.6 is 0 Å². The zero-order valence-corrected chi connectivity index (χ0v) is 17.4. The van der Waals surface area contributed by atoms with Crippen LogP contribution in [0.3, 0.4) is 0 Å². The zero-order chi connectivity index (χ0) is 21.2. The van der Waals surface area contributed by atoms with Crippen molar-refractivity contribution < 1.29 is 23.4 Å². The van der Waals surface area contributed by atoms with Crippen molar-refractivity contribution in [1.82, 2.24) is 5.32 Å². The third-order valence-corrected chi connectivity index (χ3v) is 4.34. The molecule has 0 aliphatic heterocycles. The molecule has 30 heavy (non-hydrogen) atoms. The topological polar surface area (TPSA) is 69.9 Å². The summed E-state index contributed by atoms with van der Waals surface area (Å²) in [4.78, 5) is 12.6. The average molecular weight is 409 g/mol. The van der Waals surface area contributed by atoms with Crippen molar-refractivity contribution in [2.75, 3.05) is 13.2 Å². The van der Waals surface area contributed by atoms with Crippen LogP contribution < -0.4 is 14.8 Å². The van der Waals surface area contributed by atoms with E-state index in [4.69, 9.17) is 18.6 Å². The standard InChI is InChI=1S/C24H27NO5/c1-3-28-22-11-10-20(14-23(22)29-4-2)24(26)25-15-18-7-5-8-19(13-18)16-27-17-21-9-6-12-30-21/h5-14H,3-4,15-17H2,1-2H3,(H,25,26). The minimum atomic E-state index is -0.168. The predicted molar refractivity (Wildman–Crippen MR) is 114 cm³/mol. The summed E-state index contributed by atoms with van der Waals surface area (Å²) in [5, 5.41) is 2.95. The molecule has 0 aliphatic carbocycles. The SMILES string of the molecule is CCOc1ccc(C(=O)NCc2cccc(COCc3ccco3)c2)cc1OCC. The maximum atomic E-state index is 12.6. The highest BCUT2D eigenvalue weighted by atomic mass is 16.5. The Kier molecular flexibility index (Phi) is 7.92. The van der Waals surface area contributed by atoms with Gasteiger partial charge in [0.2, 0.25) is 0 Å². The molecule has 6 heteroatoms. The lowest BCUT2D eigenvalue weighted by molar-refractivity contribution is 0.0928. The molecule has 1 N–H and O–H groups in total. The Labute approximate surface area is 176 Å². The minimum Gasteiger partial charge on any atom is -0.490 e. The lowest BCUT2D eigenvalue weighted by Crippen LogP contribution is -2.23. The van der Waals surface area contributed by atoms with Gasteiger partial charge in [0.1, 0.15) is 12.4 Å². The fraction of sp³-hybridized carbons (Fsp3) is 0.292. The van der Waals surface area contributed by atoms with E-state index in [1.807, 2.05) is 50.2 Å². The van der Waals surface area contributed by atoms with Crippen LogP contribution in [0.25, 0.3) is 0 Å². The van der Waals surface area contributed by atoms with Crippen molar-refractivity contribution in [3.8, 4) is 11.5 Å². The van der Waals surface area contributed by atoms with Crippen LogP contribution in [0, 0.1) is 0 Å². The van der Waals surface area contributed by atoms with Crippen LogP contribution in [0.2, 0.25) is 0 Å². The molecule has 1 aromatic heterocycles. The molecule has 6 nitrogen and oxygen atoms in total. The first-order chi connectivity index (χ1) is 14.7. The Bertz CT molecular complexity index is 937. The zero-order valence-electron chi connectivity index (χ0n) is 17.4. The largest absolute Gasteiger partial charge is 0.490 e. The maximum absolute atomic E-state index is 12.6. The van der Waals surface area contributed by atoms with Crippen LogP contribution in [0.4, 0.5) is 0 Å². The molecular weight excluding hydrogens is 382 g/mol. The molecule has 0 fully saturated rings. The van der Waals surface area contributed by atoms with Gasteiger partial charge in [-0.3, -0.25) is 4.79 Å². The minimum absolute atomic E-state index is 0.168. The molecule has 0 radical (unpaired) electrons. The lowest BCUT2D eigenvalue weighted by Gasteiger charge is -2.13. The lowest BCUT2D eigenvalue weighted by atomic mass is 10.1. The first kappa shape index (κ1) is 21.5. The summed E-state index contributed by atoms with van der Waals surface area (Å²) >= 11 is 0. The van der Waals surface area contributed by atoms with Gasteiger partial charge in [-0.05, 0) is 55.3 Å². The highest BCUT2D eigenvalue weighted by Crippen LogP contribution is 2.28. The monoisotopic (exact) mass is 409 g/mol. The van der Waals surface area contributed by atoms with E-state index in [0.29, 0.717) is 50.0 Å². The number of hydrogen-bond acceptors (Lipinski definition) is 5. The molecule has 1 amide bonds. The number of carbonyl (C=O) groups is 1. The van der Waals surface area contributed by atoms with E-state index < -0.39 is 0 Å². The first-order valence-electron chi connectivity index (χ1n) is 10.1. The highest BCUT2D eigenvalue weighted by Gasteiger charge is 2.11. The van der Waals surface area contributed by atoms with Gasteiger partial charge in [0, 0.05) is 12.1 Å². The van der Waals surface area contributed by atoms with E-state index in [2.05, 4.69) is 5.32 Å².